The highest BCUT2D eigenvalue weighted by Crippen LogP contribution is 2.15. The van der Waals surface area contributed by atoms with Gasteiger partial charge in [0.1, 0.15) is 0 Å². The minimum absolute atomic E-state index is 0.282. The van der Waals surface area contributed by atoms with Crippen molar-refractivity contribution in [1.82, 2.24) is 5.23 Å². The largest absolute Gasteiger partial charge is 0.290 e. The van der Waals surface area contributed by atoms with Gasteiger partial charge in [-0.2, -0.15) is 0 Å². The third kappa shape index (κ3) is 3.32. The van der Waals surface area contributed by atoms with E-state index >= 15 is 0 Å². The summed E-state index contributed by atoms with van der Waals surface area (Å²) < 4.78 is 0. The quantitative estimate of drug-likeness (QED) is 0.760. The number of rotatable bonds is 4. The fourth-order valence-electron chi connectivity index (χ4n) is 0.851. The van der Waals surface area contributed by atoms with Crippen molar-refractivity contribution in [3.05, 3.63) is 34.9 Å². The van der Waals surface area contributed by atoms with Gasteiger partial charge in [-0.3, -0.25) is 10.0 Å². The maximum absolute atomic E-state index is 8.98. The summed E-state index contributed by atoms with van der Waals surface area (Å²) in [6.45, 7) is 2.49. The van der Waals surface area contributed by atoms with Crippen molar-refractivity contribution in [2.45, 2.75) is 13.5 Å². The van der Waals surface area contributed by atoms with E-state index in [1.807, 2.05) is 18.2 Å². The zero-order valence-corrected chi connectivity index (χ0v) is 8.16. The average molecular weight is 202 g/mol. The van der Waals surface area contributed by atoms with Gasteiger partial charge in [-0.25, -0.2) is 0 Å². The highest BCUT2D eigenvalue weighted by atomic mass is 35.5. The summed E-state index contributed by atoms with van der Waals surface area (Å²) in [4.78, 5) is 4.96. The molecule has 0 fully saturated rings. The molecule has 0 unspecified atom stereocenters. The molecule has 72 valence electrons. The minimum Gasteiger partial charge on any atom is -0.290 e. The first kappa shape index (κ1) is 10.5. The minimum atomic E-state index is 0.282. The van der Waals surface area contributed by atoms with Crippen LogP contribution < -0.4 is 0 Å². The molecule has 0 heterocycles. The third-order valence-corrected chi connectivity index (χ3v) is 1.97. The lowest BCUT2D eigenvalue weighted by molar-refractivity contribution is -0.344. The van der Waals surface area contributed by atoms with E-state index in [9.17, 15) is 0 Å². The Bertz CT molecular complexity index is 268. The van der Waals surface area contributed by atoms with Crippen LogP contribution in [0, 0.1) is 0 Å². The second-order valence-electron chi connectivity index (χ2n) is 2.53. The first-order chi connectivity index (χ1) is 6.24. The molecule has 0 amide bonds. The Morgan fingerprint density at radius 3 is 2.77 bits per heavy atom. The molecule has 0 aliphatic rings. The fourth-order valence-corrected chi connectivity index (χ4v) is 1.04. The summed E-state index contributed by atoms with van der Waals surface area (Å²) in [5.74, 6) is 0. The van der Waals surface area contributed by atoms with Crippen molar-refractivity contribution >= 4 is 11.6 Å². The molecule has 0 spiro atoms. The van der Waals surface area contributed by atoms with Crippen molar-refractivity contribution in [1.29, 1.82) is 0 Å². The van der Waals surface area contributed by atoms with Crippen LogP contribution in [0.4, 0.5) is 0 Å². The van der Waals surface area contributed by atoms with E-state index in [1.54, 1.807) is 13.0 Å². The predicted octanol–water partition coefficient (Wildman–Crippen LogP) is 2.48. The Morgan fingerprint density at radius 1 is 1.46 bits per heavy atom. The molecular formula is C9H12ClNO2. The maximum Gasteiger partial charge on any atom is 0.0976 e. The average Bonchev–Trinajstić information content (AvgIpc) is 2.16. The Balaban J connectivity index is 2.50. The van der Waals surface area contributed by atoms with E-state index in [0.29, 0.717) is 11.6 Å². The number of halogens is 1. The summed E-state index contributed by atoms with van der Waals surface area (Å²) in [5.41, 5.74) is 0.858. The molecule has 13 heavy (non-hydrogen) atoms. The van der Waals surface area contributed by atoms with Crippen LogP contribution >= 0.6 is 11.6 Å². The van der Waals surface area contributed by atoms with Crippen molar-refractivity contribution in [3.8, 4) is 0 Å². The molecule has 0 saturated carbocycles. The second kappa shape index (κ2) is 5.19. The normalized spacial score (nSPS) is 10.8. The smallest absolute Gasteiger partial charge is 0.0976 e. The van der Waals surface area contributed by atoms with E-state index in [1.165, 1.54) is 0 Å². The summed E-state index contributed by atoms with van der Waals surface area (Å²) in [5, 5.41) is 10.4. The molecule has 0 radical (unpaired) electrons. The number of hydrogen-bond acceptors (Lipinski definition) is 3. The third-order valence-electron chi connectivity index (χ3n) is 1.60. The van der Waals surface area contributed by atoms with Crippen LogP contribution in [0.5, 0.6) is 0 Å². The number of benzene rings is 1. The van der Waals surface area contributed by atoms with Gasteiger partial charge < -0.3 is 0 Å². The van der Waals surface area contributed by atoms with Crippen molar-refractivity contribution in [2.75, 3.05) is 6.54 Å². The summed E-state index contributed by atoms with van der Waals surface area (Å²) in [7, 11) is 0. The lowest BCUT2D eigenvalue weighted by Crippen LogP contribution is -2.18. The van der Waals surface area contributed by atoms with Crippen LogP contribution in [0.3, 0.4) is 0 Å². The van der Waals surface area contributed by atoms with Crippen LogP contribution in [0.25, 0.3) is 0 Å². The molecule has 0 bridgehead atoms. The Morgan fingerprint density at radius 2 is 2.15 bits per heavy atom. The van der Waals surface area contributed by atoms with E-state index in [-0.39, 0.29) is 6.61 Å². The van der Waals surface area contributed by atoms with Crippen molar-refractivity contribution in [2.24, 2.45) is 0 Å². The lowest BCUT2D eigenvalue weighted by Gasteiger charge is -2.12. The summed E-state index contributed by atoms with van der Waals surface area (Å²) in [6, 6.07) is 7.36. The van der Waals surface area contributed by atoms with Crippen LogP contribution in [0.15, 0.2) is 24.3 Å². The highest BCUT2D eigenvalue weighted by Gasteiger charge is 2.01. The Hall–Kier alpha value is -0.610. The van der Waals surface area contributed by atoms with Gasteiger partial charge in [0.25, 0.3) is 0 Å². The predicted molar refractivity (Wildman–Crippen MR) is 50.4 cm³/mol. The number of nitrogens with zero attached hydrogens (tertiary/aromatic N) is 1. The van der Waals surface area contributed by atoms with E-state index in [2.05, 4.69) is 0 Å². The molecule has 3 nitrogen and oxygen atoms in total. The Labute approximate surface area is 82.4 Å². The van der Waals surface area contributed by atoms with Gasteiger partial charge >= 0.3 is 0 Å². The van der Waals surface area contributed by atoms with E-state index < -0.39 is 0 Å². The Kier molecular flexibility index (Phi) is 4.18. The van der Waals surface area contributed by atoms with Gasteiger partial charge in [-0.1, -0.05) is 35.0 Å². The molecule has 1 N–H and O–H groups in total. The molecule has 0 aliphatic carbocycles. The van der Waals surface area contributed by atoms with Gasteiger partial charge in [0.05, 0.1) is 6.61 Å². The fraction of sp³-hybridized carbons (Fsp3) is 0.333. The molecule has 0 aliphatic heterocycles. The van der Waals surface area contributed by atoms with Crippen molar-refractivity contribution < 1.29 is 10.0 Å². The summed E-state index contributed by atoms with van der Waals surface area (Å²) in [6.07, 6.45) is 0. The molecule has 1 aromatic rings. The SMILES string of the molecule is CCN(O)OCc1ccccc1Cl. The van der Waals surface area contributed by atoms with Crippen LogP contribution in [-0.2, 0) is 11.4 Å². The lowest BCUT2D eigenvalue weighted by atomic mass is 10.2. The number of hydrogen-bond donors (Lipinski definition) is 1. The zero-order valence-electron chi connectivity index (χ0n) is 7.40. The van der Waals surface area contributed by atoms with E-state index in [0.717, 1.165) is 10.8 Å². The molecule has 1 rings (SSSR count). The zero-order chi connectivity index (χ0) is 9.68. The van der Waals surface area contributed by atoms with E-state index in [4.69, 9.17) is 21.6 Å². The highest BCUT2D eigenvalue weighted by molar-refractivity contribution is 6.31. The molecule has 1 aromatic carbocycles. The molecule has 0 atom stereocenters. The van der Waals surface area contributed by atoms with Gasteiger partial charge in [0.2, 0.25) is 0 Å². The van der Waals surface area contributed by atoms with Crippen molar-refractivity contribution in [3.63, 3.8) is 0 Å². The first-order valence-electron chi connectivity index (χ1n) is 4.06. The standard InChI is InChI=1S/C9H12ClNO2/c1-2-11(12)13-7-8-5-3-4-6-9(8)10/h3-6,12H,2,7H2,1H3. The van der Waals surface area contributed by atoms with Crippen LogP contribution in [0.2, 0.25) is 5.02 Å². The maximum atomic E-state index is 8.98. The van der Waals surface area contributed by atoms with Crippen LogP contribution in [-0.4, -0.2) is 17.0 Å². The van der Waals surface area contributed by atoms with Gasteiger partial charge in [-0.15, -0.1) is 0 Å². The number of hydroxylamine groups is 2. The van der Waals surface area contributed by atoms with Gasteiger partial charge in [-0.05, 0) is 18.6 Å². The van der Waals surface area contributed by atoms with Crippen LogP contribution in [0.1, 0.15) is 12.5 Å². The summed E-state index contributed by atoms with van der Waals surface area (Å²) >= 11 is 5.87. The van der Waals surface area contributed by atoms with Gasteiger partial charge in [0, 0.05) is 11.6 Å². The molecule has 4 heteroatoms. The topological polar surface area (TPSA) is 32.7 Å². The molecule has 0 aromatic heterocycles. The van der Waals surface area contributed by atoms with Gasteiger partial charge in [0.15, 0.2) is 0 Å². The molecule has 0 saturated heterocycles. The first-order valence-corrected chi connectivity index (χ1v) is 4.44. The monoisotopic (exact) mass is 201 g/mol. The molecular weight excluding hydrogens is 190 g/mol. The second-order valence-corrected chi connectivity index (χ2v) is 2.94.